The van der Waals surface area contributed by atoms with E-state index < -0.39 is 5.54 Å². The number of nitrogens with one attached hydrogen (secondary N) is 2. The molecule has 7 nitrogen and oxygen atoms in total. The van der Waals surface area contributed by atoms with Gasteiger partial charge in [-0.3, -0.25) is 14.7 Å². The molecule has 2 N–H and O–H groups in total. The van der Waals surface area contributed by atoms with Crippen LogP contribution in [0.1, 0.15) is 47.4 Å². The Bertz CT molecular complexity index is 612. The van der Waals surface area contributed by atoms with Gasteiger partial charge in [0.2, 0.25) is 5.91 Å². The van der Waals surface area contributed by atoms with Crippen LogP contribution in [0.4, 0.5) is 0 Å². The van der Waals surface area contributed by atoms with Gasteiger partial charge in [0.1, 0.15) is 0 Å². The van der Waals surface area contributed by atoms with Crippen molar-refractivity contribution < 1.29 is 14.3 Å². The smallest absolute Gasteiger partial charge is 0.275 e. The molecule has 0 bridgehead atoms. The van der Waals surface area contributed by atoms with Crippen molar-refractivity contribution in [2.24, 2.45) is 0 Å². The molecule has 0 saturated carbocycles. The summed E-state index contributed by atoms with van der Waals surface area (Å²) in [5.41, 5.74) is 2.08. The average molecular weight is 320 g/mol. The minimum atomic E-state index is -0.573. The first-order chi connectivity index (χ1) is 11.1. The van der Waals surface area contributed by atoms with E-state index in [1.54, 1.807) is 19.1 Å². The highest BCUT2D eigenvalue weighted by Gasteiger charge is 2.46. The van der Waals surface area contributed by atoms with Gasteiger partial charge in [0.05, 0.1) is 18.6 Å². The van der Waals surface area contributed by atoms with E-state index in [1.165, 1.54) is 0 Å². The highest BCUT2D eigenvalue weighted by molar-refractivity contribution is 5.95. The van der Waals surface area contributed by atoms with Crippen molar-refractivity contribution in [1.82, 2.24) is 20.4 Å². The van der Waals surface area contributed by atoms with E-state index >= 15 is 0 Å². The van der Waals surface area contributed by atoms with E-state index in [0.717, 1.165) is 43.4 Å². The molecule has 1 fully saturated rings. The van der Waals surface area contributed by atoms with Gasteiger partial charge < -0.3 is 15.0 Å². The van der Waals surface area contributed by atoms with Crippen LogP contribution in [0.3, 0.4) is 0 Å². The maximum atomic E-state index is 13.1. The molecule has 1 aliphatic heterocycles. The zero-order chi connectivity index (χ0) is 16.4. The van der Waals surface area contributed by atoms with Gasteiger partial charge in [0, 0.05) is 32.0 Å². The molecular weight excluding hydrogens is 296 g/mol. The van der Waals surface area contributed by atoms with Crippen LogP contribution in [0.25, 0.3) is 0 Å². The number of H-pyrrole nitrogens is 1. The van der Waals surface area contributed by atoms with Crippen molar-refractivity contribution in [2.75, 3.05) is 27.3 Å². The Labute approximate surface area is 135 Å². The second kappa shape index (κ2) is 6.31. The fourth-order valence-electron chi connectivity index (χ4n) is 3.92. The zero-order valence-corrected chi connectivity index (χ0v) is 13.8. The van der Waals surface area contributed by atoms with Gasteiger partial charge in [-0.15, -0.1) is 0 Å². The number of rotatable bonds is 5. The Hall–Kier alpha value is -1.89. The Balaban J connectivity index is 1.89. The van der Waals surface area contributed by atoms with Crippen LogP contribution < -0.4 is 5.32 Å². The largest absolute Gasteiger partial charge is 0.382 e. The fourth-order valence-corrected chi connectivity index (χ4v) is 3.92. The van der Waals surface area contributed by atoms with Crippen molar-refractivity contribution in [3.05, 3.63) is 17.0 Å². The highest BCUT2D eigenvalue weighted by atomic mass is 16.5. The van der Waals surface area contributed by atoms with E-state index in [1.807, 2.05) is 0 Å². The van der Waals surface area contributed by atoms with E-state index in [2.05, 4.69) is 15.5 Å². The third-order valence-electron chi connectivity index (χ3n) is 5.03. The predicted molar refractivity (Wildman–Crippen MR) is 84.2 cm³/mol. The Kier molecular flexibility index (Phi) is 4.39. The molecule has 2 aliphatic rings. The van der Waals surface area contributed by atoms with Gasteiger partial charge in [-0.25, -0.2) is 0 Å². The summed E-state index contributed by atoms with van der Waals surface area (Å²) < 4.78 is 5.36. The van der Waals surface area contributed by atoms with Crippen molar-refractivity contribution in [2.45, 2.75) is 44.1 Å². The molecule has 23 heavy (non-hydrogen) atoms. The van der Waals surface area contributed by atoms with Crippen molar-refractivity contribution in [3.63, 3.8) is 0 Å². The van der Waals surface area contributed by atoms with Crippen LogP contribution in [0.15, 0.2) is 0 Å². The van der Waals surface area contributed by atoms with Gasteiger partial charge >= 0.3 is 0 Å². The second-order valence-electron chi connectivity index (χ2n) is 6.45. The summed E-state index contributed by atoms with van der Waals surface area (Å²) in [7, 11) is 3.23. The number of fused-ring (bicyclic) bond motifs is 1. The van der Waals surface area contributed by atoms with Crippen LogP contribution in [0.2, 0.25) is 0 Å². The van der Waals surface area contributed by atoms with Gasteiger partial charge in [0.25, 0.3) is 5.91 Å². The van der Waals surface area contributed by atoms with Gasteiger partial charge in [-0.1, -0.05) is 0 Å². The lowest BCUT2D eigenvalue weighted by molar-refractivity contribution is -0.123. The van der Waals surface area contributed by atoms with Crippen molar-refractivity contribution >= 4 is 11.8 Å². The SMILES string of the molecule is CNC(=O)C[C@@]1(COC)CCCN1C(=O)c1n[nH]c2c1CCC2. The number of nitrogens with zero attached hydrogens (tertiary/aromatic N) is 2. The molecular formula is C16H24N4O3. The van der Waals surface area contributed by atoms with Gasteiger partial charge in [-0.05, 0) is 32.1 Å². The molecule has 0 aromatic carbocycles. The molecule has 1 atom stereocenters. The van der Waals surface area contributed by atoms with Crippen molar-refractivity contribution in [1.29, 1.82) is 0 Å². The summed E-state index contributed by atoms with van der Waals surface area (Å²) >= 11 is 0. The molecule has 0 unspecified atom stereocenters. The van der Waals surface area contributed by atoms with Crippen LogP contribution in [-0.2, 0) is 22.4 Å². The summed E-state index contributed by atoms with van der Waals surface area (Å²) in [6.45, 7) is 1.000. The molecule has 1 aromatic rings. The normalized spacial score (nSPS) is 23.1. The first-order valence-electron chi connectivity index (χ1n) is 8.19. The first-order valence-corrected chi connectivity index (χ1v) is 8.19. The fraction of sp³-hybridized carbons (Fsp3) is 0.688. The first kappa shape index (κ1) is 16.0. The lowest BCUT2D eigenvalue weighted by atomic mass is 9.91. The number of methoxy groups -OCH3 is 1. The summed E-state index contributed by atoms with van der Waals surface area (Å²) in [6.07, 6.45) is 4.82. The number of amides is 2. The molecule has 2 heterocycles. The molecule has 1 saturated heterocycles. The number of likely N-dealkylation sites (tertiary alicyclic amines) is 1. The van der Waals surface area contributed by atoms with Gasteiger partial charge in [-0.2, -0.15) is 5.10 Å². The quantitative estimate of drug-likeness (QED) is 0.834. The molecule has 0 radical (unpaired) electrons. The topological polar surface area (TPSA) is 87.3 Å². The highest BCUT2D eigenvalue weighted by Crippen LogP contribution is 2.35. The molecule has 1 aliphatic carbocycles. The Morgan fingerprint density at radius 2 is 2.22 bits per heavy atom. The number of aryl methyl sites for hydroxylation is 1. The number of hydrogen-bond donors (Lipinski definition) is 2. The summed E-state index contributed by atoms with van der Waals surface area (Å²) in [5.74, 6) is -0.156. The Morgan fingerprint density at radius 3 is 2.96 bits per heavy atom. The third-order valence-corrected chi connectivity index (χ3v) is 5.03. The maximum Gasteiger partial charge on any atom is 0.275 e. The number of ether oxygens (including phenoxy) is 1. The average Bonchev–Trinajstić information content (AvgIpc) is 3.22. The van der Waals surface area contributed by atoms with Crippen LogP contribution in [-0.4, -0.2) is 59.8 Å². The molecule has 3 rings (SSSR count). The predicted octanol–water partition coefficient (Wildman–Crippen LogP) is 0.656. The van der Waals surface area contributed by atoms with E-state index in [9.17, 15) is 9.59 Å². The lowest BCUT2D eigenvalue weighted by Gasteiger charge is -2.37. The maximum absolute atomic E-state index is 13.1. The number of carbonyl (C=O) groups excluding carboxylic acids is 2. The summed E-state index contributed by atoms with van der Waals surface area (Å²) in [5, 5.41) is 9.90. The Morgan fingerprint density at radius 1 is 1.39 bits per heavy atom. The monoisotopic (exact) mass is 320 g/mol. The zero-order valence-electron chi connectivity index (χ0n) is 13.8. The van der Waals surface area contributed by atoms with E-state index in [4.69, 9.17) is 4.74 Å². The molecule has 1 aromatic heterocycles. The summed E-state index contributed by atoms with van der Waals surface area (Å²) in [6, 6.07) is 0. The van der Waals surface area contributed by atoms with Crippen LogP contribution in [0, 0.1) is 0 Å². The number of aromatic nitrogens is 2. The standard InChI is InChI=1S/C16H24N4O3/c1-17-13(21)9-16(10-23-2)7-4-8-20(16)15(22)14-11-5-3-6-12(11)18-19-14/h3-10H2,1-2H3,(H,17,21)(H,18,19)/t16-/m1/s1. The van der Waals surface area contributed by atoms with Gasteiger partial charge in [0.15, 0.2) is 5.69 Å². The van der Waals surface area contributed by atoms with E-state index in [0.29, 0.717) is 18.8 Å². The third kappa shape index (κ3) is 2.73. The molecule has 0 spiro atoms. The number of carbonyl (C=O) groups is 2. The van der Waals surface area contributed by atoms with Crippen molar-refractivity contribution in [3.8, 4) is 0 Å². The minimum Gasteiger partial charge on any atom is -0.382 e. The molecule has 126 valence electrons. The lowest BCUT2D eigenvalue weighted by Crippen LogP contribution is -2.53. The number of aromatic amines is 1. The van der Waals surface area contributed by atoms with Crippen LogP contribution in [0.5, 0.6) is 0 Å². The molecule has 7 heteroatoms. The second-order valence-corrected chi connectivity index (χ2v) is 6.45. The molecule has 2 amide bonds. The van der Waals surface area contributed by atoms with E-state index in [-0.39, 0.29) is 18.2 Å². The van der Waals surface area contributed by atoms with Crippen LogP contribution >= 0.6 is 0 Å². The summed E-state index contributed by atoms with van der Waals surface area (Å²) in [4.78, 5) is 26.9. The number of hydrogen-bond acceptors (Lipinski definition) is 4. The minimum absolute atomic E-state index is 0.0750.